The number of ether oxygens (including phenoxy) is 1. The lowest BCUT2D eigenvalue weighted by molar-refractivity contribution is -0.124. The van der Waals surface area contributed by atoms with Crippen LogP contribution in [-0.4, -0.2) is 61.4 Å². The summed E-state index contributed by atoms with van der Waals surface area (Å²) >= 11 is 0. The number of aryl methyl sites for hydroxylation is 1. The summed E-state index contributed by atoms with van der Waals surface area (Å²) in [4.78, 5) is 29.2. The lowest BCUT2D eigenvalue weighted by atomic mass is 9.99. The van der Waals surface area contributed by atoms with Gasteiger partial charge in [-0.3, -0.25) is 14.5 Å². The number of hydrogen-bond acceptors (Lipinski definition) is 5. The molecule has 0 radical (unpaired) electrons. The zero-order valence-electron chi connectivity index (χ0n) is 18.0. The highest BCUT2D eigenvalue weighted by molar-refractivity contribution is 5.94. The quantitative estimate of drug-likeness (QED) is 0.730. The van der Waals surface area contributed by atoms with Gasteiger partial charge in [0.15, 0.2) is 0 Å². The molecule has 3 atom stereocenters. The maximum atomic E-state index is 13.0. The molecular weight excluding hydrogens is 380 g/mol. The summed E-state index contributed by atoms with van der Waals surface area (Å²) in [6.45, 7) is 1.99. The second kappa shape index (κ2) is 9.28. The minimum absolute atomic E-state index is 0.0636. The zero-order chi connectivity index (χ0) is 21.8. The molecule has 0 bridgehead atoms. The molecule has 0 spiro atoms. The first-order valence-corrected chi connectivity index (χ1v) is 10.0. The molecule has 7 nitrogen and oxygen atoms in total. The average Bonchev–Trinajstić information content (AvgIpc) is 3.10. The number of hydrogen-bond donors (Lipinski definition) is 2. The van der Waals surface area contributed by atoms with Crippen molar-refractivity contribution in [3.05, 3.63) is 59.7 Å². The van der Waals surface area contributed by atoms with E-state index in [-0.39, 0.29) is 24.5 Å². The molecular formula is C23H30N4O3. The summed E-state index contributed by atoms with van der Waals surface area (Å²) in [6.07, 6.45) is 0.577. The Balaban J connectivity index is 1.88. The Labute approximate surface area is 177 Å². The number of amides is 2. The van der Waals surface area contributed by atoms with Gasteiger partial charge in [0.2, 0.25) is 11.8 Å². The number of nitrogens with zero attached hydrogens (tertiary/aromatic N) is 2. The number of likely N-dealkylation sites (N-methyl/N-ethyl adjacent to an activating group) is 1. The second-order valence-electron chi connectivity index (χ2n) is 7.94. The highest BCUT2D eigenvalue weighted by atomic mass is 16.5. The van der Waals surface area contributed by atoms with E-state index in [1.165, 1.54) is 0 Å². The van der Waals surface area contributed by atoms with Crippen molar-refractivity contribution in [3.8, 4) is 5.75 Å². The first-order chi connectivity index (χ1) is 14.3. The van der Waals surface area contributed by atoms with Crippen LogP contribution < -0.4 is 15.8 Å². The predicted molar refractivity (Wildman–Crippen MR) is 117 cm³/mol. The summed E-state index contributed by atoms with van der Waals surface area (Å²) in [7, 11) is 5.56. The van der Waals surface area contributed by atoms with Crippen LogP contribution in [0.25, 0.3) is 0 Å². The van der Waals surface area contributed by atoms with E-state index in [0.717, 1.165) is 11.1 Å². The second-order valence-corrected chi connectivity index (χ2v) is 7.94. The molecule has 2 amide bonds. The maximum Gasteiger partial charge on any atom is 0.238 e. The number of benzene rings is 2. The Morgan fingerprint density at radius 2 is 1.90 bits per heavy atom. The molecule has 0 saturated carbocycles. The molecule has 0 unspecified atom stereocenters. The Morgan fingerprint density at radius 1 is 1.20 bits per heavy atom. The van der Waals surface area contributed by atoms with E-state index < -0.39 is 11.9 Å². The summed E-state index contributed by atoms with van der Waals surface area (Å²) in [5, 5.41) is 2.96. The molecule has 30 heavy (non-hydrogen) atoms. The van der Waals surface area contributed by atoms with Crippen molar-refractivity contribution in [1.82, 2.24) is 9.80 Å². The van der Waals surface area contributed by atoms with E-state index in [0.29, 0.717) is 17.9 Å². The van der Waals surface area contributed by atoms with E-state index >= 15 is 0 Å². The van der Waals surface area contributed by atoms with Crippen LogP contribution in [0.2, 0.25) is 0 Å². The first kappa shape index (κ1) is 21.8. The molecule has 1 saturated heterocycles. The van der Waals surface area contributed by atoms with Gasteiger partial charge in [0.1, 0.15) is 5.75 Å². The van der Waals surface area contributed by atoms with Gasteiger partial charge < -0.3 is 20.7 Å². The number of nitrogens with one attached hydrogen (secondary N) is 1. The summed E-state index contributed by atoms with van der Waals surface area (Å²) in [6, 6.07) is 14.9. The zero-order valence-corrected chi connectivity index (χ0v) is 18.0. The number of rotatable bonds is 7. The molecule has 1 aliphatic heterocycles. The minimum atomic E-state index is -0.514. The van der Waals surface area contributed by atoms with Gasteiger partial charge in [-0.1, -0.05) is 36.4 Å². The molecule has 3 rings (SSSR count). The number of anilines is 1. The molecule has 160 valence electrons. The molecule has 3 N–H and O–H groups in total. The molecule has 1 fully saturated rings. The van der Waals surface area contributed by atoms with Crippen LogP contribution in [0.1, 0.15) is 23.6 Å². The highest BCUT2D eigenvalue weighted by Crippen LogP contribution is 2.38. The molecule has 1 heterocycles. The van der Waals surface area contributed by atoms with Crippen LogP contribution in [0.5, 0.6) is 5.75 Å². The number of carbonyl (C=O) groups excluding carboxylic acids is 2. The first-order valence-electron chi connectivity index (χ1n) is 10.0. The SMILES string of the molecule is COc1ccc(C)c(NC(=O)CN2[C@H](C(N)=O)C[C@@H](N(C)C)[C@@H]2c2ccccc2)c1. The van der Waals surface area contributed by atoms with Crippen LogP contribution in [0, 0.1) is 6.92 Å². The third kappa shape index (κ3) is 4.63. The topological polar surface area (TPSA) is 87.9 Å². The molecule has 7 heteroatoms. The lowest BCUT2D eigenvalue weighted by Gasteiger charge is -2.32. The Kier molecular flexibility index (Phi) is 6.74. The van der Waals surface area contributed by atoms with Crippen molar-refractivity contribution in [2.24, 2.45) is 5.73 Å². The van der Waals surface area contributed by atoms with Gasteiger partial charge in [-0.25, -0.2) is 0 Å². The number of likely N-dealkylation sites (tertiary alicyclic amines) is 1. The minimum Gasteiger partial charge on any atom is -0.497 e. The normalized spacial score (nSPS) is 21.6. The number of carbonyl (C=O) groups is 2. The van der Waals surface area contributed by atoms with Crippen molar-refractivity contribution in [1.29, 1.82) is 0 Å². The van der Waals surface area contributed by atoms with Crippen LogP contribution in [-0.2, 0) is 9.59 Å². The van der Waals surface area contributed by atoms with E-state index in [1.807, 2.05) is 68.4 Å². The highest BCUT2D eigenvalue weighted by Gasteiger charge is 2.45. The predicted octanol–water partition coefficient (Wildman–Crippen LogP) is 2.17. The fourth-order valence-electron chi connectivity index (χ4n) is 4.17. The largest absolute Gasteiger partial charge is 0.497 e. The number of primary amides is 1. The average molecular weight is 411 g/mol. The summed E-state index contributed by atoms with van der Waals surface area (Å²) in [5.74, 6) is 0.0606. The fourth-order valence-corrected chi connectivity index (χ4v) is 4.17. The van der Waals surface area contributed by atoms with Gasteiger partial charge in [-0.15, -0.1) is 0 Å². The Bertz CT molecular complexity index is 901. The number of methoxy groups -OCH3 is 1. The van der Waals surface area contributed by atoms with Gasteiger partial charge in [0, 0.05) is 17.8 Å². The van der Waals surface area contributed by atoms with Crippen molar-refractivity contribution in [2.45, 2.75) is 31.5 Å². The van der Waals surface area contributed by atoms with Gasteiger partial charge in [0.25, 0.3) is 0 Å². The molecule has 1 aliphatic rings. The van der Waals surface area contributed by atoms with Crippen LogP contribution in [0.3, 0.4) is 0 Å². The lowest BCUT2D eigenvalue weighted by Crippen LogP contribution is -2.45. The van der Waals surface area contributed by atoms with Crippen molar-refractivity contribution in [3.63, 3.8) is 0 Å². The maximum absolute atomic E-state index is 13.0. The van der Waals surface area contributed by atoms with E-state index in [1.54, 1.807) is 13.2 Å². The standard InChI is InChI=1S/C23H30N4O3/c1-15-10-11-17(30-4)12-18(15)25-21(28)14-27-20(23(24)29)13-19(26(2)3)22(27)16-8-6-5-7-9-16/h5-12,19-20,22H,13-14H2,1-4H3,(H2,24,29)(H,25,28)/t19-,20+,22+/m1/s1. The van der Waals surface area contributed by atoms with Crippen LogP contribution >= 0.6 is 0 Å². The van der Waals surface area contributed by atoms with Gasteiger partial charge in [0.05, 0.1) is 25.7 Å². The van der Waals surface area contributed by atoms with Gasteiger partial charge >= 0.3 is 0 Å². The smallest absolute Gasteiger partial charge is 0.238 e. The third-order valence-corrected chi connectivity index (χ3v) is 5.76. The Hall–Kier alpha value is -2.90. The fraction of sp³-hybridized carbons (Fsp3) is 0.391. The van der Waals surface area contributed by atoms with Crippen molar-refractivity contribution >= 4 is 17.5 Å². The molecule has 2 aromatic rings. The summed E-state index contributed by atoms with van der Waals surface area (Å²) in [5.41, 5.74) is 8.42. The Morgan fingerprint density at radius 3 is 2.50 bits per heavy atom. The van der Waals surface area contributed by atoms with E-state index in [9.17, 15) is 9.59 Å². The molecule has 0 aliphatic carbocycles. The van der Waals surface area contributed by atoms with Gasteiger partial charge in [-0.05, 0) is 44.6 Å². The van der Waals surface area contributed by atoms with Crippen LogP contribution in [0.4, 0.5) is 5.69 Å². The van der Waals surface area contributed by atoms with Crippen molar-refractivity contribution < 1.29 is 14.3 Å². The third-order valence-electron chi connectivity index (χ3n) is 5.76. The van der Waals surface area contributed by atoms with E-state index in [2.05, 4.69) is 10.2 Å². The van der Waals surface area contributed by atoms with Crippen LogP contribution in [0.15, 0.2) is 48.5 Å². The van der Waals surface area contributed by atoms with E-state index in [4.69, 9.17) is 10.5 Å². The summed E-state index contributed by atoms with van der Waals surface area (Å²) < 4.78 is 5.26. The van der Waals surface area contributed by atoms with Crippen molar-refractivity contribution in [2.75, 3.05) is 33.1 Å². The van der Waals surface area contributed by atoms with Gasteiger partial charge in [-0.2, -0.15) is 0 Å². The molecule has 0 aromatic heterocycles. The molecule has 2 aromatic carbocycles. The monoisotopic (exact) mass is 410 g/mol. The number of nitrogens with two attached hydrogens (primary N) is 1.